The molecule has 0 saturated carbocycles. The van der Waals surface area contributed by atoms with E-state index >= 15 is 0 Å². The Hall–Kier alpha value is -1.56. The molecule has 1 aromatic carbocycles. The average Bonchev–Trinajstić information content (AvgIpc) is 2.64. The number of benzene rings is 1. The smallest absolute Gasteiger partial charge is 0.387 e. The number of hydrogen-bond donors (Lipinski definition) is 1. The molecule has 0 atom stereocenters. The SMILES string of the molecule is NCCc1cc2c(cc1OC(F)F)OCO2. The van der Waals surface area contributed by atoms with Gasteiger partial charge in [-0.1, -0.05) is 0 Å². The molecule has 0 unspecified atom stereocenters. The number of ether oxygens (including phenoxy) is 3. The molecule has 2 N–H and O–H groups in total. The van der Waals surface area contributed by atoms with E-state index in [0.29, 0.717) is 30.0 Å². The molecule has 0 fully saturated rings. The van der Waals surface area contributed by atoms with Gasteiger partial charge in [-0.2, -0.15) is 8.78 Å². The second kappa shape index (κ2) is 4.52. The third-order valence-corrected chi connectivity index (χ3v) is 2.19. The first-order chi connectivity index (χ1) is 7.70. The van der Waals surface area contributed by atoms with Crippen LogP contribution in [0.2, 0.25) is 0 Å². The molecule has 0 aliphatic carbocycles. The molecule has 0 amide bonds. The van der Waals surface area contributed by atoms with Crippen molar-refractivity contribution in [3.05, 3.63) is 17.7 Å². The average molecular weight is 231 g/mol. The molecule has 2 rings (SSSR count). The fourth-order valence-electron chi connectivity index (χ4n) is 1.52. The molecule has 0 radical (unpaired) electrons. The largest absolute Gasteiger partial charge is 0.454 e. The van der Waals surface area contributed by atoms with Crippen molar-refractivity contribution >= 4 is 0 Å². The second-order valence-electron chi connectivity index (χ2n) is 3.23. The minimum absolute atomic E-state index is 0.0877. The predicted molar refractivity (Wildman–Crippen MR) is 52.0 cm³/mol. The highest BCUT2D eigenvalue weighted by atomic mass is 19.3. The van der Waals surface area contributed by atoms with E-state index in [1.165, 1.54) is 6.07 Å². The lowest BCUT2D eigenvalue weighted by atomic mass is 10.1. The van der Waals surface area contributed by atoms with Gasteiger partial charge in [-0.15, -0.1) is 0 Å². The quantitative estimate of drug-likeness (QED) is 0.853. The van der Waals surface area contributed by atoms with E-state index in [9.17, 15) is 8.78 Å². The van der Waals surface area contributed by atoms with Crippen LogP contribution in [0.25, 0.3) is 0 Å². The van der Waals surface area contributed by atoms with Crippen LogP contribution in [0.15, 0.2) is 12.1 Å². The zero-order valence-corrected chi connectivity index (χ0v) is 8.41. The summed E-state index contributed by atoms with van der Waals surface area (Å²) in [5.41, 5.74) is 5.98. The van der Waals surface area contributed by atoms with Gasteiger partial charge in [0.1, 0.15) is 5.75 Å². The van der Waals surface area contributed by atoms with E-state index < -0.39 is 6.61 Å². The number of hydrogen-bond acceptors (Lipinski definition) is 4. The predicted octanol–water partition coefficient (Wildman–Crippen LogP) is 1.52. The fourth-order valence-corrected chi connectivity index (χ4v) is 1.52. The van der Waals surface area contributed by atoms with Crippen LogP contribution in [-0.2, 0) is 6.42 Å². The van der Waals surface area contributed by atoms with Crippen LogP contribution in [0.5, 0.6) is 17.2 Å². The standard InChI is InChI=1S/C10H11F2NO3/c11-10(12)16-7-4-9-8(14-5-15-9)3-6(7)1-2-13/h3-4,10H,1-2,5,13H2. The number of nitrogens with two attached hydrogens (primary N) is 1. The lowest BCUT2D eigenvalue weighted by molar-refractivity contribution is -0.0505. The van der Waals surface area contributed by atoms with Crippen LogP contribution >= 0.6 is 0 Å². The zero-order chi connectivity index (χ0) is 11.5. The Balaban J connectivity index is 2.32. The van der Waals surface area contributed by atoms with Gasteiger partial charge in [0.15, 0.2) is 11.5 Å². The molecule has 1 heterocycles. The Bertz CT molecular complexity index is 385. The molecular formula is C10H11F2NO3. The summed E-state index contributed by atoms with van der Waals surface area (Å²) >= 11 is 0. The van der Waals surface area contributed by atoms with Crippen molar-refractivity contribution in [2.45, 2.75) is 13.0 Å². The van der Waals surface area contributed by atoms with Gasteiger partial charge >= 0.3 is 6.61 Å². The van der Waals surface area contributed by atoms with Gasteiger partial charge in [-0.3, -0.25) is 0 Å². The van der Waals surface area contributed by atoms with Crippen molar-refractivity contribution in [3.63, 3.8) is 0 Å². The van der Waals surface area contributed by atoms with Crippen molar-refractivity contribution < 1.29 is 23.0 Å². The number of rotatable bonds is 4. The van der Waals surface area contributed by atoms with Crippen LogP contribution in [0.4, 0.5) is 8.78 Å². The highest BCUT2D eigenvalue weighted by Crippen LogP contribution is 2.38. The zero-order valence-electron chi connectivity index (χ0n) is 8.41. The van der Waals surface area contributed by atoms with Gasteiger partial charge in [-0.25, -0.2) is 0 Å². The molecule has 6 heteroatoms. The maximum Gasteiger partial charge on any atom is 0.387 e. The van der Waals surface area contributed by atoms with Crippen molar-refractivity contribution in [1.29, 1.82) is 0 Å². The summed E-state index contributed by atoms with van der Waals surface area (Å²) in [6, 6.07) is 3.02. The molecule has 0 bridgehead atoms. The second-order valence-corrected chi connectivity index (χ2v) is 3.23. The van der Waals surface area contributed by atoms with Crippen molar-refractivity contribution in [2.75, 3.05) is 13.3 Å². The van der Waals surface area contributed by atoms with Crippen molar-refractivity contribution in [3.8, 4) is 17.2 Å². The van der Waals surface area contributed by atoms with Crippen LogP contribution < -0.4 is 19.9 Å². The number of fused-ring (bicyclic) bond motifs is 1. The third kappa shape index (κ3) is 2.16. The van der Waals surface area contributed by atoms with Crippen LogP contribution in [0.3, 0.4) is 0 Å². The van der Waals surface area contributed by atoms with Crippen molar-refractivity contribution in [1.82, 2.24) is 0 Å². The minimum atomic E-state index is -2.86. The maximum absolute atomic E-state index is 12.2. The molecule has 16 heavy (non-hydrogen) atoms. The van der Waals surface area contributed by atoms with E-state index in [0.717, 1.165) is 0 Å². The molecular weight excluding hydrogens is 220 g/mol. The summed E-state index contributed by atoms with van der Waals surface area (Å²) in [6.07, 6.45) is 0.443. The molecule has 1 aliphatic rings. The van der Waals surface area contributed by atoms with Gasteiger partial charge in [0.05, 0.1) is 0 Å². The minimum Gasteiger partial charge on any atom is -0.454 e. The topological polar surface area (TPSA) is 53.7 Å². The normalized spacial score (nSPS) is 13.2. The lowest BCUT2D eigenvalue weighted by Gasteiger charge is -2.11. The van der Waals surface area contributed by atoms with Gasteiger partial charge in [-0.05, 0) is 24.6 Å². The lowest BCUT2D eigenvalue weighted by Crippen LogP contribution is -2.08. The highest BCUT2D eigenvalue weighted by molar-refractivity contribution is 5.52. The summed E-state index contributed by atoms with van der Waals surface area (Å²) in [5.74, 6) is 1.03. The van der Waals surface area contributed by atoms with E-state index in [1.54, 1.807) is 6.07 Å². The summed E-state index contributed by atoms with van der Waals surface area (Å²) in [4.78, 5) is 0. The maximum atomic E-state index is 12.2. The first-order valence-electron chi connectivity index (χ1n) is 4.78. The van der Waals surface area contributed by atoms with Crippen LogP contribution in [-0.4, -0.2) is 19.9 Å². The van der Waals surface area contributed by atoms with Crippen LogP contribution in [0.1, 0.15) is 5.56 Å². The molecule has 0 saturated heterocycles. The van der Waals surface area contributed by atoms with Gasteiger partial charge in [0.2, 0.25) is 6.79 Å². The monoisotopic (exact) mass is 231 g/mol. The Labute approximate surface area is 90.9 Å². The summed E-state index contributed by atoms with van der Waals surface area (Å²) < 4.78 is 38.9. The molecule has 0 aromatic heterocycles. The number of halogens is 2. The highest BCUT2D eigenvalue weighted by Gasteiger charge is 2.19. The first-order valence-corrected chi connectivity index (χ1v) is 4.78. The van der Waals surface area contributed by atoms with Gasteiger partial charge in [0, 0.05) is 6.07 Å². The Kier molecular flexibility index (Phi) is 3.09. The van der Waals surface area contributed by atoms with E-state index in [-0.39, 0.29) is 12.5 Å². The molecule has 88 valence electrons. The third-order valence-electron chi connectivity index (χ3n) is 2.19. The fraction of sp³-hybridized carbons (Fsp3) is 0.400. The molecule has 0 spiro atoms. The molecule has 4 nitrogen and oxygen atoms in total. The first kappa shape index (κ1) is 10.9. The van der Waals surface area contributed by atoms with Gasteiger partial charge in [0.25, 0.3) is 0 Å². The number of alkyl halides is 2. The summed E-state index contributed by atoms with van der Waals surface area (Å²) in [6.45, 7) is -2.42. The Morgan fingerprint density at radius 2 is 2.00 bits per heavy atom. The van der Waals surface area contributed by atoms with E-state index in [4.69, 9.17) is 15.2 Å². The Morgan fingerprint density at radius 3 is 2.62 bits per heavy atom. The molecule has 1 aliphatic heterocycles. The molecule has 1 aromatic rings. The van der Waals surface area contributed by atoms with Crippen LogP contribution in [0, 0.1) is 0 Å². The summed E-state index contributed by atoms with van der Waals surface area (Å²) in [7, 11) is 0. The Morgan fingerprint density at radius 1 is 1.31 bits per heavy atom. The summed E-state index contributed by atoms with van der Waals surface area (Å²) in [5, 5.41) is 0. The van der Waals surface area contributed by atoms with E-state index in [1.807, 2.05) is 0 Å². The van der Waals surface area contributed by atoms with Crippen molar-refractivity contribution in [2.24, 2.45) is 5.73 Å². The van der Waals surface area contributed by atoms with Gasteiger partial charge < -0.3 is 19.9 Å². The van der Waals surface area contributed by atoms with E-state index in [2.05, 4.69) is 4.74 Å².